The van der Waals surface area contributed by atoms with Crippen LogP contribution in [0.3, 0.4) is 0 Å². The zero-order valence-corrected chi connectivity index (χ0v) is 8.03. The molecule has 0 fully saturated rings. The summed E-state index contributed by atoms with van der Waals surface area (Å²) in [4.78, 5) is 11.4. The molecule has 0 bridgehead atoms. The Kier molecular flexibility index (Phi) is 2.01. The highest BCUT2D eigenvalue weighted by Gasteiger charge is 2.36. The summed E-state index contributed by atoms with van der Waals surface area (Å²) in [6.45, 7) is 1.43. The molecular weight excluding hydrogens is 176 g/mol. The van der Waals surface area contributed by atoms with Crippen molar-refractivity contribution in [2.75, 3.05) is 0 Å². The molecule has 0 heterocycles. The Hall–Kier alpha value is -1.41. The van der Waals surface area contributed by atoms with Crippen molar-refractivity contribution >= 4 is 11.9 Å². The zero-order valence-electron chi connectivity index (χ0n) is 8.03. The minimum absolute atomic E-state index is 0.200. The molecular formula is C12H12O2. The molecule has 1 aromatic rings. The lowest BCUT2D eigenvalue weighted by molar-refractivity contribution is -0.135. The summed E-state index contributed by atoms with van der Waals surface area (Å²) < 4.78 is 0. The van der Waals surface area contributed by atoms with Gasteiger partial charge in [0.25, 0.3) is 0 Å². The van der Waals surface area contributed by atoms with E-state index in [4.69, 9.17) is 0 Å². The fraction of sp³-hybridized carbons (Fsp3) is 0.250. The van der Waals surface area contributed by atoms with E-state index in [2.05, 4.69) is 0 Å². The van der Waals surface area contributed by atoms with E-state index >= 15 is 0 Å². The monoisotopic (exact) mass is 188 g/mol. The summed E-state index contributed by atoms with van der Waals surface area (Å²) in [5.41, 5.74) is 0.331. The van der Waals surface area contributed by atoms with Gasteiger partial charge in [-0.1, -0.05) is 36.4 Å². The summed E-state index contributed by atoms with van der Waals surface area (Å²) in [5.74, 6) is -0.200. The summed E-state index contributed by atoms with van der Waals surface area (Å²) in [7, 11) is 0. The number of ketones is 1. The molecule has 0 spiro atoms. The lowest BCUT2D eigenvalue weighted by atomic mass is 9.80. The number of carbonyl (C=O) groups excluding carboxylic acids is 1. The number of hydrogen-bond donors (Lipinski definition) is 1. The van der Waals surface area contributed by atoms with Gasteiger partial charge < -0.3 is 5.11 Å². The predicted octanol–water partition coefficient (Wildman–Crippen LogP) is 1.88. The Bertz CT molecular complexity index is 407. The molecule has 2 nitrogen and oxygen atoms in total. The minimum atomic E-state index is -1.31. The maximum absolute atomic E-state index is 11.4. The molecule has 2 heteroatoms. The van der Waals surface area contributed by atoms with Crippen molar-refractivity contribution in [3.05, 3.63) is 41.5 Å². The number of fused-ring (bicyclic) bond motifs is 1. The highest BCUT2D eigenvalue weighted by Crippen LogP contribution is 2.33. The van der Waals surface area contributed by atoms with Gasteiger partial charge in [-0.2, -0.15) is 0 Å². The third-order valence-electron chi connectivity index (χ3n) is 2.70. The van der Waals surface area contributed by atoms with Gasteiger partial charge in [0.15, 0.2) is 11.4 Å². The molecule has 1 atom stereocenters. The Morgan fingerprint density at radius 2 is 2.14 bits per heavy atom. The smallest absolute Gasteiger partial charge is 0.166 e. The van der Waals surface area contributed by atoms with Gasteiger partial charge in [-0.25, -0.2) is 0 Å². The number of benzene rings is 1. The van der Waals surface area contributed by atoms with Crippen molar-refractivity contribution in [3.63, 3.8) is 0 Å². The van der Waals surface area contributed by atoms with Crippen LogP contribution in [0.4, 0.5) is 0 Å². The average molecular weight is 188 g/mol. The van der Waals surface area contributed by atoms with Crippen molar-refractivity contribution < 1.29 is 9.90 Å². The minimum Gasteiger partial charge on any atom is -0.377 e. The number of rotatable bonds is 1. The second-order valence-corrected chi connectivity index (χ2v) is 3.61. The van der Waals surface area contributed by atoms with Crippen LogP contribution in [0.25, 0.3) is 6.08 Å². The first-order valence-electron chi connectivity index (χ1n) is 4.64. The normalized spacial score (nSPS) is 24.4. The Balaban J connectivity index is 2.61. The van der Waals surface area contributed by atoms with Gasteiger partial charge in [0, 0.05) is 6.42 Å². The van der Waals surface area contributed by atoms with E-state index in [0.29, 0.717) is 6.42 Å². The number of Topliss-reactive ketones (excluding diaryl/α,β-unsaturated/α-hetero) is 1. The van der Waals surface area contributed by atoms with E-state index in [0.717, 1.165) is 11.1 Å². The molecule has 72 valence electrons. The van der Waals surface area contributed by atoms with Gasteiger partial charge in [-0.05, 0) is 18.1 Å². The molecule has 14 heavy (non-hydrogen) atoms. The maximum Gasteiger partial charge on any atom is 0.166 e. The Morgan fingerprint density at radius 1 is 1.43 bits per heavy atom. The Labute approximate surface area is 82.9 Å². The number of carbonyl (C=O) groups is 1. The topological polar surface area (TPSA) is 37.3 Å². The first kappa shape index (κ1) is 9.16. The molecule has 0 aliphatic heterocycles. The molecule has 0 amide bonds. The molecule has 0 saturated heterocycles. The van der Waals surface area contributed by atoms with Crippen LogP contribution < -0.4 is 0 Å². The van der Waals surface area contributed by atoms with E-state index in [-0.39, 0.29) is 5.78 Å². The predicted molar refractivity (Wildman–Crippen MR) is 54.7 cm³/mol. The van der Waals surface area contributed by atoms with Crippen molar-refractivity contribution in [3.8, 4) is 0 Å². The fourth-order valence-electron chi connectivity index (χ4n) is 1.82. The standard InChI is InChI=1S/C12H12O2/c1-9(13)12(14)8-4-6-10-5-2-3-7-11(10)12/h2-7,14H,8H2,1H3/t12-/m0/s1. The highest BCUT2D eigenvalue weighted by atomic mass is 16.3. The van der Waals surface area contributed by atoms with Gasteiger partial charge in [0.2, 0.25) is 0 Å². The first-order valence-corrected chi connectivity index (χ1v) is 4.64. The van der Waals surface area contributed by atoms with E-state index in [1.54, 1.807) is 6.07 Å². The van der Waals surface area contributed by atoms with E-state index in [1.807, 2.05) is 30.4 Å². The van der Waals surface area contributed by atoms with Gasteiger partial charge >= 0.3 is 0 Å². The first-order chi connectivity index (χ1) is 6.64. The average Bonchev–Trinajstić information content (AvgIpc) is 2.18. The van der Waals surface area contributed by atoms with Crippen molar-refractivity contribution in [2.45, 2.75) is 18.9 Å². The quantitative estimate of drug-likeness (QED) is 0.730. The van der Waals surface area contributed by atoms with Crippen LogP contribution in [0.15, 0.2) is 30.3 Å². The number of hydrogen-bond acceptors (Lipinski definition) is 2. The third kappa shape index (κ3) is 1.19. The van der Waals surface area contributed by atoms with Crippen molar-refractivity contribution in [2.24, 2.45) is 0 Å². The van der Waals surface area contributed by atoms with Crippen LogP contribution in [0, 0.1) is 0 Å². The molecule has 1 aliphatic carbocycles. The molecule has 1 N–H and O–H groups in total. The third-order valence-corrected chi connectivity index (χ3v) is 2.70. The second kappa shape index (κ2) is 3.07. The summed E-state index contributed by atoms with van der Waals surface area (Å²) >= 11 is 0. The molecule has 2 rings (SSSR count). The lowest BCUT2D eigenvalue weighted by Crippen LogP contribution is -2.35. The SMILES string of the molecule is CC(=O)[C@@]1(O)CC=Cc2ccccc21. The fourth-order valence-corrected chi connectivity index (χ4v) is 1.82. The van der Waals surface area contributed by atoms with E-state index < -0.39 is 5.60 Å². The van der Waals surface area contributed by atoms with Crippen LogP contribution in [0.1, 0.15) is 24.5 Å². The zero-order chi connectivity index (χ0) is 10.2. The van der Waals surface area contributed by atoms with Crippen LogP contribution in [0.2, 0.25) is 0 Å². The molecule has 1 aliphatic rings. The van der Waals surface area contributed by atoms with E-state index in [1.165, 1.54) is 6.92 Å². The molecule has 0 saturated carbocycles. The lowest BCUT2D eigenvalue weighted by Gasteiger charge is -2.28. The molecule has 1 aromatic carbocycles. The van der Waals surface area contributed by atoms with Gasteiger partial charge in [0.1, 0.15) is 0 Å². The summed E-state index contributed by atoms with van der Waals surface area (Å²) in [6, 6.07) is 7.44. The van der Waals surface area contributed by atoms with Crippen LogP contribution >= 0.6 is 0 Å². The summed E-state index contributed by atoms with van der Waals surface area (Å²) in [5, 5.41) is 10.2. The summed E-state index contributed by atoms with van der Waals surface area (Å²) in [6.07, 6.45) is 4.15. The van der Waals surface area contributed by atoms with Crippen LogP contribution in [-0.4, -0.2) is 10.9 Å². The van der Waals surface area contributed by atoms with Crippen molar-refractivity contribution in [1.82, 2.24) is 0 Å². The van der Waals surface area contributed by atoms with Gasteiger partial charge in [-0.3, -0.25) is 4.79 Å². The van der Waals surface area contributed by atoms with E-state index in [9.17, 15) is 9.90 Å². The van der Waals surface area contributed by atoms with Crippen LogP contribution in [0.5, 0.6) is 0 Å². The van der Waals surface area contributed by atoms with Gasteiger partial charge in [-0.15, -0.1) is 0 Å². The highest BCUT2D eigenvalue weighted by molar-refractivity contribution is 5.88. The van der Waals surface area contributed by atoms with Gasteiger partial charge in [0.05, 0.1) is 0 Å². The number of aliphatic hydroxyl groups is 1. The largest absolute Gasteiger partial charge is 0.377 e. The Morgan fingerprint density at radius 3 is 2.86 bits per heavy atom. The maximum atomic E-state index is 11.4. The van der Waals surface area contributed by atoms with Crippen molar-refractivity contribution in [1.29, 1.82) is 0 Å². The molecule has 0 unspecified atom stereocenters. The second-order valence-electron chi connectivity index (χ2n) is 3.61. The molecule has 0 radical (unpaired) electrons. The molecule has 0 aromatic heterocycles. The van der Waals surface area contributed by atoms with Crippen LogP contribution in [-0.2, 0) is 10.4 Å².